The molecule has 300 valence electrons. The molecule has 3 aromatic heterocycles. The lowest BCUT2D eigenvalue weighted by Crippen LogP contribution is -2.55. The Labute approximate surface area is 326 Å². The van der Waals surface area contributed by atoms with Crippen molar-refractivity contribution in [2.24, 2.45) is 0 Å². The van der Waals surface area contributed by atoms with E-state index in [1.165, 1.54) is 23.4 Å². The van der Waals surface area contributed by atoms with Crippen LogP contribution < -0.4 is 9.64 Å². The first-order valence-corrected chi connectivity index (χ1v) is 19.3. The minimum Gasteiger partial charge on any atom is -0.462 e. The number of anilines is 1. The Morgan fingerprint density at radius 1 is 1.09 bits per heavy atom. The molecule has 4 atom stereocenters. The normalized spacial score (nSPS) is 21.2. The van der Waals surface area contributed by atoms with Crippen molar-refractivity contribution in [1.29, 1.82) is 5.26 Å². The van der Waals surface area contributed by atoms with Crippen LogP contribution in [0.3, 0.4) is 0 Å². The topological polar surface area (TPSA) is 158 Å². The highest BCUT2D eigenvalue weighted by molar-refractivity contribution is 5.91. The standard InChI is InChI=1S/C40H44F3N9O5/c1-49-16-7-10-27(49)24-56-38-47-34-29(36(53)33-28-21-46-52(32-11-5-6-19-55-32)31(28)13-12-30(33)40(41,42)43)20-45-35(34)37(48-38)50-17-18-51(26(22-50)14-15-44)39(54)57-23-25-8-3-2-4-9-25/h2-4,8-9,12-13,20-21,26-27,32,36,45,53H,5-7,10-11,14,16-19,22-24H2,1H3/t26-,27-,32?,36?/m0/s1. The van der Waals surface area contributed by atoms with Gasteiger partial charge in [0.2, 0.25) is 0 Å². The molecule has 0 radical (unpaired) electrons. The number of rotatable bonds is 10. The van der Waals surface area contributed by atoms with Gasteiger partial charge >= 0.3 is 18.3 Å². The van der Waals surface area contributed by atoms with Gasteiger partial charge in [-0.25, -0.2) is 9.48 Å². The molecule has 0 bridgehead atoms. The van der Waals surface area contributed by atoms with Gasteiger partial charge in [-0.2, -0.15) is 33.5 Å². The van der Waals surface area contributed by atoms with Crippen molar-refractivity contribution in [3.8, 4) is 12.1 Å². The van der Waals surface area contributed by atoms with Gasteiger partial charge in [-0.3, -0.25) is 0 Å². The number of nitrogens with one attached hydrogen (secondary N) is 1. The Hall–Kier alpha value is -5.44. The highest BCUT2D eigenvalue weighted by Gasteiger charge is 2.39. The van der Waals surface area contributed by atoms with Gasteiger partial charge in [0.25, 0.3) is 0 Å². The Morgan fingerprint density at radius 3 is 2.67 bits per heavy atom. The molecular weight excluding hydrogens is 743 g/mol. The molecule has 17 heteroatoms. The molecule has 8 rings (SSSR count). The fraction of sp³-hybridized carbons (Fsp3) is 0.475. The molecule has 3 saturated heterocycles. The number of likely N-dealkylation sites (tertiary alicyclic amines) is 1. The Morgan fingerprint density at radius 2 is 1.93 bits per heavy atom. The smallest absolute Gasteiger partial charge is 0.416 e. The Bertz CT molecular complexity index is 2250. The number of benzene rings is 2. The minimum atomic E-state index is -4.79. The molecular formula is C40H44F3N9O5. The third-order valence-corrected chi connectivity index (χ3v) is 11.3. The number of amides is 1. The molecule has 1 amide bonds. The second-order valence-electron chi connectivity index (χ2n) is 14.9. The lowest BCUT2D eigenvalue weighted by Gasteiger charge is -2.40. The fourth-order valence-electron chi connectivity index (χ4n) is 8.21. The van der Waals surface area contributed by atoms with Gasteiger partial charge < -0.3 is 39.0 Å². The summed E-state index contributed by atoms with van der Waals surface area (Å²) in [4.78, 5) is 31.5. The third kappa shape index (κ3) is 7.81. The molecule has 2 aromatic carbocycles. The minimum absolute atomic E-state index is 0.0103. The lowest BCUT2D eigenvalue weighted by molar-refractivity contribution is -0.138. The van der Waals surface area contributed by atoms with Crippen LogP contribution in [0, 0.1) is 11.3 Å². The van der Waals surface area contributed by atoms with Crippen LogP contribution in [0.4, 0.5) is 23.8 Å². The number of ether oxygens (including phenoxy) is 3. The summed E-state index contributed by atoms with van der Waals surface area (Å²) in [5.41, 5.74) is 0.520. The summed E-state index contributed by atoms with van der Waals surface area (Å²) in [6.07, 6.45) is -0.375. The summed E-state index contributed by atoms with van der Waals surface area (Å²) in [6, 6.07) is 13.4. The third-order valence-electron chi connectivity index (χ3n) is 11.3. The van der Waals surface area contributed by atoms with Crippen LogP contribution >= 0.6 is 0 Å². The lowest BCUT2D eigenvalue weighted by atomic mass is 9.94. The number of hydrogen-bond donors (Lipinski definition) is 2. The predicted octanol–water partition coefficient (Wildman–Crippen LogP) is 6.32. The Balaban J connectivity index is 1.16. The van der Waals surface area contributed by atoms with E-state index < -0.39 is 36.2 Å². The number of likely N-dealkylation sites (N-methyl/N-ethyl adjacent to an activating group) is 1. The van der Waals surface area contributed by atoms with Gasteiger partial charge in [0, 0.05) is 55.0 Å². The number of nitrogens with zero attached hydrogens (tertiary/aromatic N) is 8. The van der Waals surface area contributed by atoms with Crippen molar-refractivity contribution in [3.63, 3.8) is 0 Å². The number of carbonyl (C=O) groups is 1. The zero-order chi connectivity index (χ0) is 39.7. The molecule has 0 spiro atoms. The molecule has 6 heterocycles. The van der Waals surface area contributed by atoms with E-state index in [1.807, 2.05) is 42.3 Å². The van der Waals surface area contributed by atoms with Crippen LogP contribution in [0.25, 0.3) is 21.9 Å². The number of aliphatic hydroxyl groups is 1. The summed E-state index contributed by atoms with van der Waals surface area (Å²) in [7, 11) is 2.01. The number of carbonyl (C=O) groups excluding carboxylic acids is 1. The maximum Gasteiger partial charge on any atom is 0.416 e. The van der Waals surface area contributed by atoms with Crippen LogP contribution in [-0.4, -0.2) is 104 Å². The second-order valence-corrected chi connectivity index (χ2v) is 14.9. The molecule has 14 nitrogen and oxygen atoms in total. The largest absolute Gasteiger partial charge is 0.462 e. The van der Waals surface area contributed by atoms with Crippen molar-refractivity contribution in [3.05, 3.63) is 77.1 Å². The van der Waals surface area contributed by atoms with E-state index in [1.54, 1.807) is 4.68 Å². The average molecular weight is 788 g/mol. The molecule has 0 aliphatic carbocycles. The van der Waals surface area contributed by atoms with E-state index in [2.05, 4.69) is 21.1 Å². The van der Waals surface area contributed by atoms with Gasteiger partial charge in [0.05, 0.1) is 35.8 Å². The highest BCUT2D eigenvalue weighted by atomic mass is 19.4. The summed E-state index contributed by atoms with van der Waals surface area (Å²) >= 11 is 0. The maximum absolute atomic E-state index is 14.7. The number of nitriles is 1. The Kier molecular flexibility index (Phi) is 10.9. The van der Waals surface area contributed by atoms with Crippen molar-refractivity contribution >= 4 is 33.8 Å². The summed E-state index contributed by atoms with van der Waals surface area (Å²) in [5, 5.41) is 26.5. The number of hydrogen-bond acceptors (Lipinski definition) is 11. The number of piperazine rings is 1. The van der Waals surface area contributed by atoms with E-state index in [0.29, 0.717) is 29.9 Å². The van der Waals surface area contributed by atoms with Crippen molar-refractivity contribution in [2.45, 2.75) is 75.7 Å². The van der Waals surface area contributed by atoms with Crippen molar-refractivity contribution in [1.82, 2.24) is 34.5 Å². The van der Waals surface area contributed by atoms with Crippen LogP contribution in [0.1, 0.15) is 73.1 Å². The van der Waals surface area contributed by atoms with Crippen LogP contribution in [0.5, 0.6) is 6.01 Å². The quantitative estimate of drug-likeness (QED) is 0.163. The molecule has 5 aromatic rings. The van der Waals surface area contributed by atoms with E-state index >= 15 is 0 Å². The molecule has 0 saturated carbocycles. The second kappa shape index (κ2) is 16.2. The molecule has 3 fully saturated rings. The maximum atomic E-state index is 14.7. The van der Waals surface area contributed by atoms with Gasteiger partial charge in [-0.15, -0.1) is 0 Å². The number of aromatic amines is 1. The molecule has 3 aliphatic heterocycles. The molecule has 2 unspecified atom stereocenters. The summed E-state index contributed by atoms with van der Waals surface area (Å²) < 4.78 is 63.5. The SMILES string of the molecule is CN1CCC[C@H]1COc1nc(N2CCN(C(=O)OCc3ccccc3)[C@@H](CC#N)C2)c2[nH]cc(C(O)c3c(C(F)(F)F)ccc4c3cnn4C3CCCCO3)c2n1. The van der Waals surface area contributed by atoms with E-state index in [0.717, 1.165) is 43.9 Å². The molecule has 3 aliphatic rings. The number of H-pyrrole nitrogens is 1. The van der Waals surface area contributed by atoms with E-state index in [-0.39, 0.29) is 73.4 Å². The first-order valence-electron chi connectivity index (χ1n) is 19.3. The number of halogens is 3. The molecule has 2 N–H and O–H groups in total. The van der Waals surface area contributed by atoms with Gasteiger partial charge in [-0.05, 0) is 63.4 Å². The predicted molar refractivity (Wildman–Crippen MR) is 202 cm³/mol. The molecule has 57 heavy (non-hydrogen) atoms. The first kappa shape index (κ1) is 38.4. The fourth-order valence-corrected chi connectivity index (χ4v) is 8.21. The number of alkyl halides is 3. The number of aromatic nitrogens is 5. The van der Waals surface area contributed by atoms with Crippen LogP contribution in [0.2, 0.25) is 0 Å². The summed E-state index contributed by atoms with van der Waals surface area (Å²) in [6.45, 7) is 2.49. The number of fused-ring (bicyclic) bond motifs is 2. The average Bonchev–Trinajstić information content (AvgIpc) is 3.97. The summed E-state index contributed by atoms with van der Waals surface area (Å²) in [5.74, 6) is 0.366. The monoisotopic (exact) mass is 787 g/mol. The zero-order valence-corrected chi connectivity index (χ0v) is 31.5. The van der Waals surface area contributed by atoms with Gasteiger partial charge in [-0.1, -0.05) is 30.3 Å². The van der Waals surface area contributed by atoms with E-state index in [9.17, 15) is 28.3 Å². The van der Waals surface area contributed by atoms with Crippen LogP contribution in [0.15, 0.2) is 54.9 Å². The van der Waals surface area contributed by atoms with Crippen molar-refractivity contribution in [2.75, 3.05) is 51.3 Å². The van der Waals surface area contributed by atoms with Crippen LogP contribution in [-0.2, 0) is 22.3 Å². The first-order chi connectivity index (χ1) is 27.6. The zero-order valence-electron chi connectivity index (χ0n) is 31.5. The van der Waals surface area contributed by atoms with Gasteiger partial charge in [0.15, 0.2) is 12.0 Å². The number of aliphatic hydroxyl groups excluding tert-OH is 1. The van der Waals surface area contributed by atoms with Gasteiger partial charge in [0.1, 0.15) is 30.4 Å². The van der Waals surface area contributed by atoms with Crippen molar-refractivity contribution < 1.29 is 37.3 Å². The highest BCUT2D eigenvalue weighted by Crippen LogP contribution is 2.43. The van der Waals surface area contributed by atoms with E-state index in [4.69, 9.17) is 24.2 Å².